The van der Waals surface area contributed by atoms with Gasteiger partial charge in [0, 0.05) is 5.69 Å². The van der Waals surface area contributed by atoms with Gasteiger partial charge >= 0.3 is 11.9 Å². The van der Waals surface area contributed by atoms with Crippen molar-refractivity contribution in [1.29, 1.82) is 0 Å². The van der Waals surface area contributed by atoms with E-state index in [9.17, 15) is 9.59 Å². The molecule has 0 amide bonds. The van der Waals surface area contributed by atoms with Crippen molar-refractivity contribution in [2.45, 2.75) is 33.7 Å². The Morgan fingerprint density at radius 3 is 2.30 bits per heavy atom. The molecule has 23 heavy (non-hydrogen) atoms. The second-order valence-corrected chi connectivity index (χ2v) is 5.13. The molecule has 0 aliphatic heterocycles. The zero-order chi connectivity index (χ0) is 18.0. The third-order valence-electron chi connectivity index (χ3n) is 3.08. The molecule has 0 fully saturated rings. The van der Waals surface area contributed by atoms with E-state index < -0.39 is 5.97 Å². The highest BCUT2D eigenvalue weighted by Crippen LogP contribution is 2.20. The number of carboxylic acids is 1. The molecule has 4 N–H and O–H groups in total. The van der Waals surface area contributed by atoms with Crippen molar-refractivity contribution in [1.82, 2.24) is 0 Å². The third kappa shape index (κ3) is 8.01. The molecule has 0 radical (unpaired) electrons. The molecule has 0 saturated carbocycles. The lowest BCUT2D eigenvalue weighted by Gasteiger charge is -2.17. The first-order valence-electron chi connectivity index (χ1n) is 7.26. The van der Waals surface area contributed by atoms with Gasteiger partial charge in [0.05, 0.1) is 6.54 Å². The lowest BCUT2D eigenvalue weighted by atomic mass is 10.0. The minimum absolute atomic E-state index is 0.247. The van der Waals surface area contributed by atoms with Crippen LogP contribution in [0.1, 0.15) is 23.6 Å². The number of hydrogen-bond acceptors (Lipinski definition) is 5. The van der Waals surface area contributed by atoms with E-state index in [0.717, 1.165) is 11.3 Å². The number of esters is 1. The highest BCUT2D eigenvalue weighted by Gasteiger charge is 2.14. The van der Waals surface area contributed by atoms with Gasteiger partial charge in [-0.15, -0.1) is 0 Å². The van der Waals surface area contributed by atoms with Gasteiger partial charge in [0.15, 0.2) is 0 Å². The Bertz CT molecular complexity index is 556. The molecule has 0 aliphatic carbocycles. The smallest absolute Gasteiger partial charge is 0.328 e. The summed E-state index contributed by atoms with van der Waals surface area (Å²) in [5.41, 5.74) is 9.12. The molecule has 0 aliphatic rings. The van der Waals surface area contributed by atoms with Crippen LogP contribution < -0.4 is 11.1 Å². The molecule has 1 aromatic carbocycles. The Morgan fingerprint density at radius 1 is 1.30 bits per heavy atom. The summed E-state index contributed by atoms with van der Waals surface area (Å²) >= 11 is 0. The first-order valence-corrected chi connectivity index (χ1v) is 7.26. The van der Waals surface area contributed by atoms with E-state index in [4.69, 9.17) is 9.84 Å². The Balaban J connectivity index is 0.000000841. The van der Waals surface area contributed by atoms with Crippen LogP contribution in [0.4, 0.5) is 5.69 Å². The van der Waals surface area contributed by atoms with Crippen molar-refractivity contribution in [3.63, 3.8) is 0 Å². The predicted octanol–water partition coefficient (Wildman–Crippen LogP) is 2.17. The van der Waals surface area contributed by atoms with E-state index in [1.165, 1.54) is 11.1 Å². The highest BCUT2D eigenvalue weighted by molar-refractivity contribution is 5.79. The number of nitrogens with one attached hydrogen (secondary N) is 1. The number of nitrogens with two attached hydrogens (primary N) is 1. The summed E-state index contributed by atoms with van der Waals surface area (Å²) in [6.45, 7) is 11.4. The van der Waals surface area contributed by atoms with E-state index in [0.29, 0.717) is 0 Å². The fourth-order valence-electron chi connectivity index (χ4n) is 1.67. The van der Waals surface area contributed by atoms with Crippen LogP contribution in [0.2, 0.25) is 0 Å². The molecule has 1 rings (SSSR count). The van der Waals surface area contributed by atoms with Gasteiger partial charge in [-0.2, -0.15) is 0 Å². The normalized spacial score (nSPS) is 10.8. The maximum atomic E-state index is 11.6. The van der Waals surface area contributed by atoms with Crippen LogP contribution in [0, 0.1) is 20.8 Å². The molecule has 128 valence electrons. The van der Waals surface area contributed by atoms with Gasteiger partial charge in [0.2, 0.25) is 0 Å². The number of benzene rings is 1. The van der Waals surface area contributed by atoms with Crippen molar-refractivity contribution in [3.05, 3.63) is 41.5 Å². The zero-order valence-corrected chi connectivity index (χ0v) is 14.2. The molecule has 1 aromatic rings. The summed E-state index contributed by atoms with van der Waals surface area (Å²) in [6.07, 6.45) is 1.56. The van der Waals surface area contributed by atoms with E-state index in [-0.39, 0.29) is 25.2 Å². The number of carbonyl (C=O) groups excluding carboxylic acids is 1. The SMILES string of the molecule is C=CCOC(=O)[C@H](C)Nc1cc(C)c(C)cc1C.NCC(=O)O. The van der Waals surface area contributed by atoms with Gasteiger partial charge in [-0.3, -0.25) is 4.79 Å². The first-order chi connectivity index (χ1) is 10.7. The minimum atomic E-state index is -0.968. The van der Waals surface area contributed by atoms with Crippen LogP contribution in [0.25, 0.3) is 0 Å². The molecule has 0 spiro atoms. The van der Waals surface area contributed by atoms with Crippen LogP contribution in [0.3, 0.4) is 0 Å². The molecule has 0 heterocycles. The maximum absolute atomic E-state index is 11.6. The quantitative estimate of drug-likeness (QED) is 0.548. The molecule has 0 aromatic heterocycles. The number of carbonyl (C=O) groups is 2. The van der Waals surface area contributed by atoms with Crippen molar-refractivity contribution >= 4 is 17.6 Å². The number of rotatable bonds is 6. The molecule has 0 bridgehead atoms. The van der Waals surface area contributed by atoms with Crippen molar-refractivity contribution in [2.24, 2.45) is 5.73 Å². The number of aryl methyl sites for hydroxylation is 3. The fraction of sp³-hybridized carbons (Fsp3) is 0.412. The molecular formula is C17H26N2O4. The molecule has 6 heteroatoms. The summed E-state index contributed by atoms with van der Waals surface area (Å²) in [5.74, 6) is -1.24. The van der Waals surface area contributed by atoms with Gasteiger partial charge in [-0.1, -0.05) is 18.7 Å². The monoisotopic (exact) mass is 322 g/mol. The zero-order valence-electron chi connectivity index (χ0n) is 14.2. The molecule has 1 atom stereocenters. The maximum Gasteiger partial charge on any atom is 0.328 e. The van der Waals surface area contributed by atoms with Gasteiger partial charge in [0.25, 0.3) is 0 Å². The third-order valence-corrected chi connectivity index (χ3v) is 3.08. The van der Waals surface area contributed by atoms with Gasteiger partial charge < -0.3 is 20.9 Å². The number of anilines is 1. The number of aliphatic carboxylic acids is 1. The highest BCUT2D eigenvalue weighted by atomic mass is 16.5. The summed E-state index contributed by atoms with van der Waals surface area (Å²) in [6, 6.07) is 3.80. The van der Waals surface area contributed by atoms with Crippen LogP contribution >= 0.6 is 0 Å². The largest absolute Gasteiger partial charge is 0.480 e. The van der Waals surface area contributed by atoms with Crippen LogP contribution in [-0.4, -0.2) is 36.2 Å². The summed E-state index contributed by atoms with van der Waals surface area (Å²) < 4.78 is 5.00. The number of hydrogen-bond donors (Lipinski definition) is 3. The lowest BCUT2D eigenvalue weighted by Crippen LogP contribution is -2.28. The Kier molecular flexibility index (Phi) is 9.34. The van der Waals surface area contributed by atoms with E-state index in [1.54, 1.807) is 13.0 Å². The van der Waals surface area contributed by atoms with Crippen molar-refractivity contribution in [3.8, 4) is 0 Å². The average Bonchev–Trinajstić information content (AvgIpc) is 2.50. The van der Waals surface area contributed by atoms with E-state index in [2.05, 4.69) is 43.6 Å². The predicted molar refractivity (Wildman–Crippen MR) is 91.6 cm³/mol. The molecule has 0 saturated heterocycles. The van der Waals surface area contributed by atoms with Crippen molar-refractivity contribution < 1.29 is 19.4 Å². The van der Waals surface area contributed by atoms with Crippen LogP contribution in [0.5, 0.6) is 0 Å². The van der Waals surface area contributed by atoms with Crippen molar-refractivity contribution in [2.75, 3.05) is 18.5 Å². The second kappa shape index (κ2) is 10.4. The fourth-order valence-corrected chi connectivity index (χ4v) is 1.67. The average molecular weight is 322 g/mol. The van der Waals surface area contributed by atoms with Gasteiger partial charge in [-0.05, 0) is 50.5 Å². The number of ether oxygens (including phenoxy) is 1. The Labute approximate surface area is 137 Å². The molecule has 6 nitrogen and oxygen atoms in total. The van der Waals surface area contributed by atoms with E-state index >= 15 is 0 Å². The standard InChI is InChI=1S/C15H21NO2.C2H5NO2/c1-6-7-18-15(17)13(5)16-14-9-11(3)10(2)8-12(14)4;3-1-2(4)5/h6,8-9,13,16H,1,7H2,2-5H3;1,3H2,(H,4,5)/t13-;/m0./s1. The Hall–Kier alpha value is -2.34. The topological polar surface area (TPSA) is 102 Å². The number of carboxylic acid groups (broad SMARTS) is 1. The first kappa shape index (κ1) is 20.7. The minimum Gasteiger partial charge on any atom is -0.480 e. The summed E-state index contributed by atoms with van der Waals surface area (Å²) in [7, 11) is 0. The second-order valence-electron chi connectivity index (χ2n) is 5.13. The van der Waals surface area contributed by atoms with Crippen LogP contribution in [0.15, 0.2) is 24.8 Å². The summed E-state index contributed by atoms with van der Waals surface area (Å²) in [5, 5.41) is 10.8. The van der Waals surface area contributed by atoms with Crippen LogP contribution in [-0.2, 0) is 14.3 Å². The Morgan fingerprint density at radius 2 is 1.83 bits per heavy atom. The van der Waals surface area contributed by atoms with Gasteiger partial charge in [0.1, 0.15) is 12.6 Å². The van der Waals surface area contributed by atoms with Gasteiger partial charge in [-0.25, -0.2) is 4.79 Å². The summed E-state index contributed by atoms with van der Waals surface area (Å²) in [4.78, 5) is 20.9. The molecule has 0 unspecified atom stereocenters. The van der Waals surface area contributed by atoms with E-state index in [1.807, 2.05) is 6.92 Å². The molecular weight excluding hydrogens is 296 g/mol. The lowest BCUT2D eigenvalue weighted by molar-refractivity contribution is -0.143.